The highest BCUT2D eigenvalue weighted by Gasteiger charge is 2.25. The topological polar surface area (TPSA) is 103 Å². The van der Waals surface area contributed by atoms with Gasteiger partial charge in [0.2, 0.25) is 5.82 Å². The normalized spacial score (nSPS) is 10.8. The molecule has 0 bridgehead atoms. The fourth-order valence-electron chi connectivity index (χ4n) is 2.24. The molecule has 0 unspecified atom stereocenters. The second-order valence-corrected chi connectivity index (χ2v) is 5.37. The number of nitrogens with zero attached hydrogens (tertiary/aromatic N) is 4. The van der Waals surface area contributed by atoms with Crippen LogP contribution in [0, 0.1) is 10.1 Å². The van der Waals surface area contributed by atoms with Crippen LogP contribution in [0.3, 0.4) is 0 Å². The predicted molar refractivity (Wildman–Crippen MR) is 89.3 cm³/mol. The Hall–Kier alpha value is -3.29. The van der Waals surface area contributed by atoms with Crippen molar-refractivity contribution in [1.29, 1.82) is 0 Å². The minimum absolute atomic E-state index is 0.0225. The second kappa shape index (κ2) is 6.45. The lowest BCUT2D eigenvalue weighted by Gasteiger charge is -2.11. The van der Waals surface area contributed by atoms with Crippen LogP contribution in [0.25, 0.3) is 10.9 Å². The van der Waals surface area contributed by atoms with E-state index in [0.29, 0.717) is 11.3 Å². The fraction of sp³-hybridized carbons (Fsp3) is 0.188. The second-order valence-electron chi connectivity index (χ2n) is 5.37. The highest BCUT2D eigenvalue weighted by Crippen LogP contribution is 2.36. The molecule has 2 aromatic heterocycles. The standard InChI is InChI=1S/C16H15N5O3/c1-10(2)20-15-14(21(22)23)16(19-9-18-15)24-12-7-3-5-11-6-4-8-17-13(11)12/h3-10H,1-2H3,(H,18,19,20). The number of nitro groups is 1. The minimum Gasteiger partial charge on any atom is -0.431 e. The number of benzene rings is 1. The molecule has 8 heteroatoms. The molecule has 0 amide bonds. The zero-order chi connectivity index (χ0) is 17.1. The molecule has 3 rings (SSSR count). The van der Waals surface area contributed by atoms with Gasteiger partial charge in [-0.15, -0.1) is 0 Å². The molecule has 2 heterocycles. The van der Waals surface area contributed by atoms with Gasteiger partial charge in [-0.3, -0.25) is 15.1 Å². The summed E-state index contributed by atoms with van der Waals surface area (Å²) in [5.74, 6) is 0.384. The van der Waals surface area contributed by atoms with Gasteiger partial charge >= 0.3 is 11.6 Å². The summed E-state index contributed by atoms with van der Waals surface area (Å²) >= 11 is 0. The third-order valence-corrected chi connectivity index (χ3v) is 3.20. The Bertz CT molecular complexity index is 893. The smallest absolute Gasteiger partial charge is 0.373 e. The summed E-state index contributed by atoms with van der Waals surface area (Å²) < 4.78 is 5.71. The number of hydrogen-bond acceptors (Lipinski definition) is 7. The third-order valence-electron chi connectivity index (χ3n) is 3.20. The number of rotatable bonds is 5. The molecule has 1 aromatic carbocycles. The van der Waals surface area contributed by atoms with Crippen molar-refractivity contribution in [2.75, 3.05) is 5.32 Å². The summed E-state index contributed by atoms with van der Waals surface area (Å²) in [5.41, 5.74) is 0.297. The first-order valence-corrected chi connectivity index (χ1v) is 7.34. The summed E-state index contributed by atoms with van der Waals surface area (Å²) in [7, 11) is 0. The molecule has 0 aliphatic heterocycles. The Kier molecular flexibility index (Phi) is 4.19. The summed E-state index contributed by atoms with van der Waals surface area (Å²) in [5, 5.41) is 15.3. The van der Waals surface area contributed by atoms with Crippen molar-refractivity contribution >= 4 is 22.4 Å². The van der Waals surface area contributed by atoms with Gasteiger partial charge in [-0.2, -0.15) is 4.98 Å². The zero-order valence-electron chi connectivity index (χ0n) is 13.1. The van der Waals surface area contributed by atoms with Gasteiger partial charge in [0.25, 0.3) is 0 Å². The Morgan fingerprint density at radius 2 is 1.96 bits per heavy atom. The van der Waals surface area contributed by atoms with Crippen LogP contribution in [0.15, 0.2) is 42.9 Å². The van der Waals surface area contributed by atoms with E-state index in [1.54, 1.807) is 18.3 Å². The third kappa shape index (κ3) is 3.07. The maximum atomic E-state index is 11.5. The Morgan fingerprint density at radius 3 is 2.71 bits per heavy atom. The molecule has 0 aliphatic carbocycles. The molecule has 0 spiro atoms. The molecule has 0 saturated carbocycles. The van der Waals surface area contributed by atoms with Gasteiger partial charge in [0.1, 0.15) is 11.8 Å². The first-order valence-electron chi connectivity index (χ1n) is 7.34. The number of ether oxygens (including phenoxy) is 1. The maximum absolute atomic E-state index is 11.5. The van der Waals surface area contributed by atoms with E-state index in [9.17, 15) is 10.1 Å². The Balaban J connectivity index is 2.07. The lowest BCUT2D eigenvalue weighted by molar-refractivity contribution is -0.385. The average molecular weight is 325 g/mol. The highest BCUT2D eigenvalue weighted by atomic mass is 16.6. The number of para-hydroxylation sites is 1. The quantitative estimate of drug-likeness (QED) is 0.565. The first kappa shape index (κ1) is 15.6. The molecule has 8 nitrogen and oxygen atoms in total. The molecule has 122 valence electrons. The molecule has 0 aliphatic rings. The van der Waals surface area contributed by atoms with Crippen LogP contribution < -0.4 is 10.1 Å². The van der Waals surface area contributed by atoms with Crippen molar-refractivity contribution in [3.05, 3.63) is 53.0 Å². The van der Waals surface area contributed by atoms with Crippen molar-refractivity contribution in [3.8, 4) is 11.6 Å². The molecular weight excluding hydrogens is 310 g/mol. The summed E-state index contributed by atoms with van der Waals surface area (Å²) in [6, 6.07) is 9.04. The summed E-state index contributed by atoms with van der Waals surface area (Å²) in [6.07, 6.45) is 2.86. The lowest BCUT2D eigenvalue weighted by atomic mass is 10.2. The number of anilines is 1. The Labute approximate surface area is 137 Å². The lowest BCUT2D eigenvalue weighted by Crippen LogP contribution is -2.13. The van der Waals surface area contributed by atoms with Crippen molar-refractivity contribution in [2.45, 2.75) is 19.9 Å². The number of fused-ring (bicyclic) bond motifs is 1. The van der Waals surface area contributed by atoms with Gasteiger partial charge in [-0.25, -0.2) is 4.98 Å². The van der Waals surface area contributed by atoms with E-state index in [1.807, 2.05) is 32.0 Å². The minimum atomic E-state index is -0.557. The predicted octanol–water partition coefficient (Wildman–Crippen LogP) is 3.55. The zero-order valence-corrected chi connectivity index (χ0v) is 13.1. The monoisotopic (exact) mass is 325 g/mol. The van der Waals surface area contributed by atoms with Gasteiger partial charge in [0.15, 0.2) is 5.75 Å². The van der Waals surface area contributed by atoms with Crippen molar-refractivity contribution in [3.63, 3.8) is 0 Å². The van der Waals surface area contributed by atoms with E-state index in [4.69, 9.17) is 4.74 Å². The van der Waals surface area contributed by atoms with Crippen molar-refractivity contribution < 1.29 is 9.66 Å². The van der Waals surface area contributed by atoms with Crippen LogP contribution in [0.5, 0.6) is 11.6 Å². The summed E-state index contributed by atoms with van der Waals surface area (Å²) in [6.45, 7) is 3.72. The van der Waals surface area contributed by atoms with Crippen LogP contribution in [0.4, 0.5) is 11.5 Å². The molecule has 0 fully saturated rings. The van der Waals surface area contributed by atoms with Crippen LogP contribution in [0.1, 0.15) is 13.8 Å². The number of hydrogen-bond donors (Lipinski definition) is 1. The number of aromatic nitrogens is 3. The number of nitrogens with one attached hydrogen (secondary N) is 1. The first-order chi connectivity index (χ1) is 11.6. The van der Waals surface area contributed by atoms with Crippen molar-refractivity contribution in [1.82, 2.24) is 15.0 Å². The van der Waals surface area contributed by atoms with Crippen LogP contribution in [-0.2, 0) is 0 Å². The van der Waals surface area contributed by atoms with Gasteiger partial charge in [0.05, 0.1) is 4.92 Å². The fourth-order valence-corrected chi connectivity index (χ4v) is 2.24. The molecule has 24 heavy (non-hydrogen) atoms. The molecular formula is C16H15N5O3. The highest BCUT2D eigenvalue weighted by molar-refractivity contribution is 5.84. The molecule has 0 radical (unpaired) electrons. The molecule has 0 saturated heterocycles. The number of pyridine rings is 1. The van der Waals surface area contributed by atoms with Gasteiger partial charge < -0.3 is 10.1 Å². The van der Waals surface area contributed by atoms with Crippen LogP contribution >= 0.6 is 0 Å². The summed E-state index contributed by atoms with van der Waals surface area (Å²) in [4.78, 5) is 23.1. The SMILES string of the molecule is CC(C)Nc1ncnc(Oc2cccc3cccnc23)c1[N+](=O)[O-]. The van der Waals surface area contributed by atoms with Crippen LogP contribution in [0.2, 0.25) is 0 Å². The van der Waals surface area contributed by atoms with E-state index in [2.05, 4.69) is 20.3 Å². The molecule has 3 aromatic rings. The van der Waals surface area contributed by atoms with E-state index in [0.717, 1.165) is 5.39 Å². The van der Waals surface area contributed by atoms with Gasteiger partial charge in [-0.05, 0) is 26.0 Å². The van der Waals surface area contributed by atoms with Crippen molar-refractivity contribution in [2.24, 2.45) is 0 Å². The largest absolute Gasteiger partial charge is 0.431 e. The average Bonchev–Trinajstić information content (AvgIpc) is 2.54. The van der Waals surface area contributed by atoms with E-state index >= 15 is 0 Å². The molecule has 0 atom stereocenters. The molecule has 1 N–H and O–H groups in total. The van der Waals surface area contributed by atoms with Gasteiger partial charge in [-0.1, -0.05) is 18.2 Å². The van der Waals surface area contributed by atoms with E-state index in [1.165, 1.54) is 6.33 Å². The maximum Gasteiger partial charge on any atom is 0.373 e. The van der Waals surface area contributed by atoms with Gasteiger partial charge in [0, 0.05) is 17.6 Å². The van der Waals surface area contributed by atoms with E-state index in [-0.39, 0.29) is 23.4 Å². The Morgan fingerprint density at radius 1 is 1.17 bits per heavy atom. The van der Waals surface area contributed by atoms with Crippen LogP contribution in [-0.4, -0.2) is 25.9 Å². The van der Waals surface area contributed by atoms with E-state index < -0.39 is 4.92 Å².